The first kappa shape index (κ1) is 10.4. The van der Waals surface area contributed by atoms with Crippen LogP contribution in [0, 0.1) is 0 Å². The number of rotatable bonds is 5. The summed E-state index contributed by atoms with van der Waals surface area (Å²) in [5.41, 5.74) is 0. The van der Waals surface area contributed by atoms with Gasteiger partial charge in [0.2, 0.25) is 6.41 Å². The molecule has 0 aliphatic heterocycles. The van der Waals surface area contributed by atoms with Crippen molar-refractivity contribution >= 4 is 16.2 Å². The van der Waals surface area contributed by atoms with Crippen LogP contribution in [0.1, 0.15) is 6.42 Å². The van der Waals surface area contributed by atoms with Crippen LogP contribution in [0.2, 0.25) is 0 Å². The van der Waals surface area contributed by atoms with Gasteiger partial charge in [-0.2, -0.15) is 0 Å². The van der Waals surface area contributed by atoms with Crippen molar-refractivity contribution in [2.45, 2.75) is 6.42 Å². The molecular formula is C6H13NO3S. The summed E-state index contributed by atoms with van der Waals surface area (Å²) in [5.74, 6) is 0.144. The van der Waals surface area contributed by atoms with Crippen LogP contribution < -0.4 is 0 Å². The van der Waals surface area contributed by atoms with Crippen LogP contribution in [0.5, 0.6) is 0 Å². The maximum absolute atomic E-state index is 10.6. The lowest BCUT2D eigenvalue weighted by Gasteiger charge is -2.08. The molecule has 0 aromatic carbocycles. The summed E-state index contributed by atoms with van der Waals surface area (Å²) in [6, 6.07) is 0. The number of hydrogen-bond donors (Lipinski definition) is 0. The maximum Gasteiger partial charge on any atom is 0.209 e. The molecule has 0 heterocycles. The van der Waals surface area contributed by atoms with E-state index in [1.807, 2.05) is 0 Å². The van der Waals surface area contributed by atoms with Gasteiger partial charge < -0.3 is 4.90 Å². The minimum absolute atomic E-state index is 0.144. The van der Waals surface area contributed by atoms with Crippen LogP contribution in [0.4, 0.5) is 0 Å². The molecule has 0 spiro atoms. The fourth-order valence-electron chi connectivity index (χ4n) is 0.629. The normalized spacial score (nSPS) is 11.1. The van der Waals surface area contributed by atoms with Crippen LogP contribution in [0.3, 0.4) is 0 Å². The van der Waals surface area contributed by atoms with E-state index in [1.165, 1.54) is 11.2 Å². The molecule has 1 amide bonds. The van der Waals surface area contributed by atoms with Crippen LogP contribution in [0.15, 0.2) is 0 Å². The number of carbonyl (C=O) groups excluding carboxylic acids is 1. The fourth-order valence-corrected chi connectivity index (χ4v) is 1.28. The van der Waals surface area contributed by atoms with Crippen molar-refractivity contribution in [3.63, 3.8) is 0 Å². The molecule has 0 N–H and O–H groups in total. The minimum atomic E-state index is -2.87. The Hall–Kier alpha value is -0.580. The molecule has 0 radical (unpaired) electrons. The SMILES string of the molecule is CN(C=O)CCCS(C)(=O)=O. The van der Waals surface area contributed by atoms with Crippen LogP contribution in [-0.2, 0) is 14.6 Å². The van der Waals surface area contributed by atoms with Gasteiger partial charge in [0, 0.05) is 19.8 Å². The molecule has 66 valence electrons. The standard InChI is InChI=1S/C6H13NO3S/c1-7(6-8)4-3-5-11(2,9)10/h6H,3-5H2,1-2H3. The average Bonchev–Trinajstić information content (AvgIpc) is 1.85. The molecule has 0 atom stereocenters. The molecule has 0 aromatic rings. The highest BCUT2D eigenvalue weighted by molar-refractivity contribution is 7.90. The highest BCUT2D eigenvalue weighted by Gasteiger charge is 2.01. The van der Waals surface area contributed by atoms with E-state index in [4.69, 9.17) is 0 Å². The number of carbonyl (C=O) groups is 1. The van der Waals surface area contributed by atoms with Crippen molar-refractivity contribution in [3.8, 4) is 0 Å². The first-order valence-electron chi connectivity index (χ1n) is 3.29. The Morgan fingerprint density at radius 3 is 2.36 bits per heavy atom. The zero-order chi connectivity index (χ0) is 8.91. The molecule has 5 heteroatoms. The second-order valence-corrected chi connectivity index (χ2v) is 4.83. The van der Waals surface area contributed by atoms with Crippen LogP contribution in [0.25, 0.3) is 0 Å². The smallest absolute Gasteiger partial charge is 0.209 e. The third-order valence-electron chi connectivity index (χ3n) is 1.21. The fraction of sp³-hybridized carbons (Fsp3) is 0.833. The number of sulfone groups is 1. The van der Waals surface area contributed by atoms with Gasteiger partial charge in [-0.25, -0.2) is 8.42 Å². The molecule has 0 aliphatic carbocycles. The quantitative estimate of drug-likeness (QED) is 0.535. The van der Waals surface area contributed by atoms with Crippen LogP contribution >= 0.6 is 0 Å². The van der Waals surface area contributed by atoms with Crippen molar-refractivity contribution in [1.82, 2.24) is 4.90 Å². The summed E-state index contributed by atoms with van der Waals surface area (Å²) in [7, 11) is -1.25. The predicted octanol–water partition coefficient (Wildman–Crippen LogP) is -0.491. The lowest BCUT2D eigenvalue weighted by molar-refractivity contribution is -0.117. The van der Waals surface area contributed by atoms with Crippen molar-refractivity contribution in [1.29, 1.82) is 0 Å². The summed E-state index contributed by atoms with van der Waals surface area (Å²) in [6.45, 7) is 0.497. The van der Waals surface area contributed by atoms with Crippen LogP contribution in [-0.4, -0.2) is 45.3 Å². The summed E-state index contributed by atoms with van der Waals surface area (Å²) in [4.78, 5) is 11.5. The number of amides is 1. The van der Waals surface area contributed by atoms with Gasteiger partial charge in [-0.05, 0) is 6.42 Å². The largest absolute Gasteiger partial charge is 0.348 e. The molecule has 11 heavy (non-hydrogen) atoms. The molecule has 0 unspecified atom stereocenters. The molecule has 0 saturated carbocycles. The Labute approximate surface area is 67.1 Å². The van der Waals surface area contributed by atoms with Gasteiger partial charge in [0.25, 0.3) is 0 Å². The van der Waals surface area contributed by atoms with E-state index in [9.17, 15) is 13.2 Å². The Morgan fingerprint density at radius 1 is 1.45 bits per heavy atom. The zero-order valence-corrected chi connectivity index (χ0v) is 7.60. The third-order valence-corrected chi connectivity index (χ3v) is 2.24. The van der Waals surface area contributed by atoms with E-state index < -0.39 is 9.84 Å². The highest BCUT2D eigenvalue weighted by atomic mass is 32.2. The molecule has 0 bridgehead atoms. The molecule has 0 rings (SSSR count). The molecule has 0 aromatic heterocycles. The lowest BCUT2D eigenvalue weighted by Crippen LogP contribution is -2.19. The van der Waals surface area contributed by atoms with Crippen molar-refractivity contribution in [2.24, 2.45) is 0 Å². The molecule has 0 aliphatic rings. The van der Waals surface area contributed by atoms with E-state index in [-0.39, 0.29) is 5.75 Å². The lowest BCUT2D eigenvalue weighted by atomic mass is 10.5. The van der Waals surface area contributed by atoms with Gasteiger partial charge in [-0.3, -0.25) is 4.79 Å². The van der Waals surface area contributed by atoms with Gasteiger partial charge in [0.1, 0.15) is 9.84 Å². The minimum Gasteiger partial charge on any atom is -0.348 e. The highest BCUT2D eigenvalue weighted by Crippen LogP contribution is 1.89. The Balaban J connectivity index is 3.51. The zero-order valence-electron chi connectivity index (χ0n) is 6.78. The van der Waals surface area contributed by atoms with Gasteiger partial charge in [0.05, 0.1) is 5.75 Å². The predicted molar refractivity (Wildman–Crippen MR) is 43.0 cm³/mol. The number of nitrogens with zero attached hydrogens (tertiary/aromatic N) is 1. The summed E-state index contributed by atoms with van der Waals surface area (Å²) in [6.07, 6.45) is 2.38. The van der Waals surface area contributed by atoms with E-state index >= 15 is 0 Å². The average molecular weight is 179 g/mol. The second-order valence-electron chi connectivity index (χ2n) is 2.57. The van der Waals surface area contributed by atoms with Crippen molar-refractivity contribution in [3.05, 3.63) is 0 Å². The molecule has 0 fully saturated rings. The van der Waals surface area contributed by atoms with Gasteiger partial charge in [-0.15, -0.1) is 0 Å². The Bertz CT molecular complexity index is 210. The van der Waals surface area contributed by atoms with E-state index in [2.05, 4.69) is 0 Å². The van der Waals surface area contributed by atoms with E-state index in [1.54, 1.807) is 7.05 Å². The Morgan fingerprint density at radius 2 is 2.00 bits per heavy atom. The second kappa shape index (κ2) is 4.33. The van der Waals surface area contributed by atoms with E-state index in [0.717, 1.165) is 0 Å². The Kier molecular flexibility index (Phi) is 4.10. The van der Waals surface area contributed by atoms with Gasteiger partial charge in [0.15, 0.2) is 0 Å². The first-order chi connectivity index (χ1) is 4.95. The molecule has 0 saturated heterocycles. The monoisotopic (exact) mass is 179 g/mol. The topological polar surface area (TPSA) is 54.5 Å². The summed E-state index contributed by atoms with van der Waals surface area (Å²) >= 11 is 0. The molecular weight excluding hydrogens is 166 g/mol. The van der Waals surface area contributed by atoms with Crippen molar-refractivity contribution < 1.29 is 13.2 Å². The first-order valence-corrected chi connectivity index (χ1v) is 5.35. The summed E-state index contributed by atoms with van der Waals surface area (Å²) < 4.78 is 21.2. The molecule has 4 nitrogen and oxygen atoms in total. The van der Waals surface area contributed by atoms with Gasteiger partial charge >= 0.3 is 0 Å². The number of hydrogen-bond acceptors (Lipinski definition) is 3. The maximum atomic E-state index is 10.6. The van der Waals surface area contributed by atoms with Gasteiger partial charge in [-0.1, -0.05) is 0 Å². The van der Waals surface area contributed by atoms with E-state index in [0.29, 0.717) is 19.4 Å². The third kappa shape index (κ3) is 7.32. The summed E-state index contributed by atoms with van der Waals surface area (Å²) in [5, 5.41) is 0. The van der Waals surface area contributed by atoms with Crippen molar-refractivity contribution in [2.75, 3.05) is 25.6 Å².